The van der Waals surface area contributed by atoms with E-state index in [2.05, 4.69) is 23.4 Å². The second-order valence-electron chi connectivity index (χ2n) is 3.81. The summed E-state index contributed by atoms with van der Waals surface area (Å²) in [5.41, 5.74) is 1.78. The zero-order valence-corrected chi connectivity index (χ0v) is 10.1. The molecule has 3 nitrogen and oxygen atoms in total. The Morgan fingerprint density at radius 1 is 1.50 bits per heavy atom. The normalized spacial score (nSPS) is 10.2. The molecule has 0 saturated heterocycles. The Morgan fingerprint density at radius 2 is 2.25 bits per heavy atom. The lowest BCUT2D eigenvalue weighted by molar-refractivity contribution is 0.280. The van der Waals surface area contributed by atoms with Gasteiger partial charge < -0.3 is 10.0 Å². The maximum atomic E-state index is 9.08. The third-order valence-electron chi connectivity index (χ3n) is 2.52. The third kappa shape index (κ3) is 3.07. The summed E-state index contributed by atoms with van der Waals surface area (Å²) in [6, 6.07) is 3.89. The van der Waals surface area contributed by atoms with Gasteiger partial charge in [-0.3, -0.25) is 0 Å². The van der Waals surface area contributed by atoms with E-state index in [1.54, 1.807) is 0 Å². The van der Waals surface area contributed by atoms with Gasteiger partial charge in [0.2, 0.25) is 0 Å². The van der Waals surface area contributed by atoms with Crippen LogP contribution in [0.15, 0.2) is 24.8 Å². The number of hydrogen-bond acceptors (Lipinski definition) is 3. The van der Waals surface area contributed by atoms with Crippen molar-refractivity contribution >= 4 is 5.82 Å². The first-order valence-corrected chi connectivity index (χ1v) is 5.66. The minimum atomic E-state index is 0.0499. The van der Waals surface area contributed by atoms with Crippen molar-refractivity contribution in [1.82, 2.24) is 4.98 Å². The minimum Gasteiger partial charge on any atom is -0.392 e. The molecule has 1 rings (SSSR count). The van der Waals surface area contributed by atoms with E-state index in [4.69, 9.17) is 5.11 Å². The molecule has 1 aromatic heterocycles. The quantitative estimate of drug-likeness (QED) is 0.747. The zero-order chi connectivity index (χ0) is 12.0. The number of aryl methyl sites for hydroxylation is 1. The Balaban J connectivity index is 2.91. The molecule has 0 unspecified atom stereocenters. The van der Waals surface area contributed by atoms with Crippen LogP contribution in [0.2, 0.25) is 0 Å². The van der Waals surface area contributed by atoms with Crippen molar-refractivity contribution in [3.8, 4) is 0 Å². The molecule has 0 aromatic carbocycles. The highest BCUT2D eigenvalue weighted by Gasteiger charge is 2.07. The van der Waals surface area contributed by atoms with E-state index in [9.17, 15) is 0 Å². The Morgan fingerprint density at radius 3 is 2.75 bits per heavy atom. The molecule has 0 atom stereocenters. The molecule has 0 amide bonds. The first-order valence-electron chi connectivity index (χ1n) is 5.66. The fourth-order valence-corrected chi connectivity index (χ4v) is 1.64. The second-order valence-corrected chi connectivity index (χ2v) is 3.81. The highest BCUT2D eigenvalue weighted by Crippen LogP contribution is 2.15. The average molecular weight is 220 g/mol. The van der Waals surface area contributed by atoms with Crippen LogP contribution in [-0.4, -0.2) is 23.2 Å². The lowest BCUT2D eigenvalue weighted by atomic mass is 10.2. The molecule has 3 heteroatoms. The van der Waals surface area contributed by atoms with Crippen LogP contribution >= 0.6 is 0 Å². The third-order valence-corrected chi connectivity index (χ3v) is 2.52. The summed E-state index contributed by atoms with van der Waals surface area (Å²) in [5, 5.41) is 9.08. The first-order chi connectivity index (χ1) is 7.72. The predicted molar refractivity (Wildman–Crippen MR) is 67.6 cm³/mol. The van der Waals surface area contributed by atoms with Gasteiger partial charge in [-0.1, -0.05) is 19.1 Å². The van der Waals surface area contributed by atoms with Gasteiger partial charge in [0.25, 0.3) is 0 Å². The van der Waals surface area contributed by atoms with Crippen LogP contribution in [0.25, 0.3) is 0 Å². The van der Waals surface area contributed by atoms with Gasteiger partial charge in [-0.15, -0.1) is 6.58 Å². The van der Waals surface area contributed by atoms with Crippen molar-refractivity contribution in [1.29, 1.82) is 0 Å². The summed E-state index contributed by atoms with van der Waals surface area (Å²) >= 11 is 0. The largest absolute Gasteiger partial charge is 0.392 e. The standard InChI is InChI=1S/C13H20N2O/c1-4-8-15(9-5-2)13-7-6-12(10-16)11(3)14-13/h4,6-7,16H,1,5,8-10H2,2-3H3. The van der Waals surface area contributed by atoms with Crippen LogP contribution in [0, 0.1) is 6.92 Å². The van der Waals surface area contributed by atoms with Crippen molar-refractivity contribution in [2.75, 3.05) is 18.0 Å². The highest BCUT2D eigenvalue weighted by molar-refractivity contribution is 5.42. The van der Waals surface area contributed by atoms with E-state index >= 15 is 0 Å². The Kier molecular flexibility index (Phi) is 4.99. The fourth-order valence-electron chi connectivity index (χ4n) is 1.64. The van der Waals surface area contributed by atoms with Crippen molar-refractivity contribution in [2.45, 2.75) is 26.9 Å². The van der Waals surface area contributed by atoms with E-state index in [0.29, 0.717) is 0 Å². The molecule has 0 fully saturated rings. The Bertz CT molecular complexity index is 350. The summed E-state index contributed by atoms with van der Waals surface area (Å²) in [6.45, 7) is 9.65. The molecule has 0 radical (unpaired) electrons. The summed E-state index contributed by atoms with van der Waals surface area (Å²) < 4.78 is 0. The summed E-state index contributed by atoms with van der Waals surface area (Å²) in [4.78, 5) is 6.68. The molecular formula is C13H20N2O. The number of aliphatic hydroxyl groups is 1. The van der Waals surface area contributed by atoms with Gasteiger partial charge in [0.1, 0.15) is 5.82 Å². The van der Waals surface area contributed by atoms with E-state index < -0.39 is 0 Å². The number of hydrogen-bond donors (Lipinski definition) is 1. The molecule has 1 heterocycles. The van der Waals surface area contributed by atoms with Crippen LogP contribution in [0.4, 0.5) is 5.82 Å². The maximum absolute atomic E-state index is 9.08. The number of rotatable bonds is 6. The molecule has 0 saturated carbocycles. The lowest BCUT2D eigenvalue weighted by Gasteiger charge is -2.22. The number of nitrogens with zero attached hydrogens (tertiary/aromatic N) is 2. The number of anilines is 1. The highest BCUT2D eigenvalue weighted by atomic mass is 16.3. The van der Waals surface area contributed by atoms with Crippen LogP contribution in [0.1, 0.15) is 24.6 Å². The number of aliphatic hydroxyl groups excluding tert-OH is 1. The van der Waals surface area contributed by atoms with E-state index in [1.165, 1.54) is 0 Å². The fraction of sp³-hybridized carbons (Fsp3) is 0.462. The van der Waals surface area contributed by atoms with Crippen LogP contribution in [-0.2, 0) is 6.61 Å². The maximum Gasteiger partial charge on any atom is 0.129 e. The molecule has 1 N–H and O–H groups in total. The molecule has 1 aromatic rings. The summed E-state index contributed by atoms with van der Waals surface area (Å²) in [6.07, 6.45) is 2.96. The summed E-state index contributed by atoms with van der Waals surface area (Å²) in [5.74, 6) is 0.955. The number of aromatic nitrogens is 1. The van der Waals surface area contributed by atoms with Gasteiger partial charge in [0.05, 0.1) is 6.61 Å². The predicted octanol–water partition coefficient (Wildman–Crippen LogP) is 2.28. The van der Waals surface area contributed by atoms with Crippen LogP contribution in [0.5, 0.6) is 0 Å². The molecule has 0 aliphatic rings. The molecule has 0 bridgehead atoms. The van der Waals surface area contributed by atoms with E-state index in [1.807, 2.05) is 25.1 Å². The van der Waals surface area contributed by atoms with Crippen molar-refractivity contribution in [2.24, 2.45) is 0 Å². The molecule has 0 spiro atoms. The Labute approximate surface area is 97.4 Å². The average Bonchev–Trinajstić information content (AvgIpc) is 2.28. The van der Waals surface area contributed by atoms with Crippen LogP contribution in [0.3, 0.4) is 0 Å². The lowest BCUT2D eigenvalue weighted by Crippen LogP contribution is -2.25. The van der Waals surface area contributed by atoms with Gasteiger partial charge >= 0.3 is 0 Å². The smallest absolute Gasteiger partial charge is 0.129 e. The van der Waals surface area contributed by atoms with E-state index in [0.717, 1.165) is 36.6 Å². The van der Waals surface area contributed by atoms with Crippen LogP contribution < -0.4 is 4.90 Å². The molecule has 16 heavy (non-hydrogen) atoms. The molecule has 0 aliphatic heterocycles. The van der Waals surface area contributed by atoms with Gasteiger partial charge in [-0.25, -0.2) is 4.98 Å². The Hall–Kier alpha value is -1.35. The second kappa shape index (κ2) is 6.28. The minimum absolute atomic E-state index is 0.0499. The van der Waals surface area contributed by atoms with Gasteiger partial charge in [-0.05, 0) is 25.0 Å². The van der Waals surface area contributed by atoms with Gasteiger partial charge in [0, 0.05) is 18.8 Å². The molecule has 0 aliphatic carbocycles. The first kappa shape index (κ1) is 12.7. The molecule has 88 valence electrons. The van der Waals surface area contributed by atoms with Gasteiger partial charge in [-0.2, -0.15) is 0 Å². The van der Waals surface area contributed by atoms with Crippen molar-refractivity contribution < 1.29 is 5.11 Å². The monoisotopic (exact) mass is 220 g/mol. The van der Waals surface area contributed by atoms with Crippen molar-refractivity contribution in [3.05, 3.63) is 36.0 Å². The molecular weight excluding hydrogens is 200 g/mol. The van der Waals surface area contributed by atoms with Crippen molar-refractivity contribution in [3.63, 3.8) is 0 Å². The zero-order valence-electron chi connectivity index (χ0n) is 10.1. The topological polar surface area (TPSA) is 36.4 Å². The van der Waals surface area contributed by atoms with E-state index in [-0.39, 0.29) is 6.61 Å². The number of pyridine rings is 1. The van der Waals surface area contributed by atoms with Gasteiger partial charge in [0.15, 0.2) is 0 Å². The summed E-state index contributed by atoms with van der Waals surface area (Å²) in [7, 11) is 0. The SMILES string of the molecule is C=CCN(CCC)c1ccc(CO)c(C)n1.